The van der Waals surface area contributed by atoms with Crippen molar-refractivity contribution in [2.75, 3.05) is 34.8 Å². The monoisotopic (exact) mass is 288 g/mol. The minimum Gasteiger partial charge on any atom is -0.377 e. The van der Waals surface area contributed by atoms with E-state index in [0.29, 0.717) is 5.02 Å². The average molecular weight is 289 g/mol. The molecule has 0 amide bonds. The molecule has 0 aliphatic rings. The van der Waals surface area contributed by atoms with Crippen LogP contribution >= 0.6 is 11.6 Å². The van der Waals surface area contributed by atoms with Crippen LogP contribution in [0.25, 0.3) is 0 Å². The smallest absolute Gasteiger partial charge is 0.0835 e. The maximum atomic E-state index is 6.30. The summed E-state index contributed by atoms with van der Waals surface area (Å²) in [6.07, 6.45) is 1.70. The molecule has 1 atom stereocenters. The first kappa shape index (κ1) is 16.4. The Morgan fingerprint density at radius 2 is 2.16 bits per heavy atom. The summed E-state index contributed by atoms with van der Waals surface area (Å²) in [5.41, 5.74) is 0.603. The van der Waals surface area contributed by atoms with Gasteiger partial charge in [0.2, 0.25) is 0 Å². The van der Waals surface area contributed by atoms with Crippen molar-refractivity contribution in [2.24, 2.45) is 0 Å². The number of rotatable bonds is 7. The third-order valence-electron chi connectivity index (χ3n) is 3.38. The minimum absolute atomic E-state index is 0.0188. The van der Waals surface area contributed by atoms with E-state index in [1.54, 1.807) is 13.3 Å². The number of ether oxygens (including phenoxy) is 1. The van der Waals surface area contributed by atoms with Crippen molar-refractivity contribution < 1.29 is 4.74 Å². The van der Waals surface area contributed by atoms with E-state index in [2.05, 4.69) is 15.3 Å². The molecule has 1 rings (SSSR count). The highest BCUT2D eigenvalue weighted by molar-refractivity contribution is 6.31. The standard InChI is InChI=1S/C13H25ClN4O/c1-13(2,19-6)12(15-3)11-10(14)9-16-18(11)8-7-17(4)5/h9,12,15H,7-8H2,1-6H3. The van der Waals surface area contributed by atoms with E-state index in [9.17, 15) is 0 Å². The summed E-state index contributed by atoms with van der Waals surface area (Å²) >= 11 is 6.30. The second-order valence-corrected chi connectivity index (χ2v) is 5.84. The van der Waals surface area contributed by atoms with E-state index in [-0.39, 0.29) is 11.6 Å². The molecule has 0 bridgehead atoms. The Morgan fingerprint density at radius 3 is 2.63 bits per heavy atom. The summed E-state index contributed by atoms with van der Waals surface area (Å²) in [5, 5.41) is 8.32. The van der Waals surface area contributed by atoms with Crippen LogP contribution in [0.2, 0.25) is 5.02 Å². The molecule has 1 heterocycles. The molecule has 110 valence electrons. The maximum Gasteiger partial charge on any atom is 0.0835 e. The van der Waals surface area contributed by atoms with Crippen LogP contribution in [0.5, 0.6) is 0 Å². The van der Waals surface area contributed by atoms with Gasteiger partial charge in [0.25, 0.3) is 0 Å². The summed E-state index contributed by atoms with van der Waals surface area (Å²) < 4.78 is 7.53. The Labute approximate surface area is 120 Å². The van der Waals surface area contributed by atoms with Crippen LogP contribution in [0.15, 0.2) is 6.20 Å². The molecule has 1 aromatic heterocycles. The number of halogens is 1. The van der Waals surface area contributed by atoms with Gasteiger partial charge in [0, 0.05) is 13.7 Å². The van der Waals surface area contributed by atoms with Crippen molar-refractivity contribution in [3.63, 3.8) is 0 Å². The Balaban J connectivity index is 3.06. The third kappa shape index (κ3) is 3.92. The first-order valence-electron chi connectivity index (χ1n) is 6.41. The molecule has 5 nitrogen and oxygen atoms in total. The van der Waals surface area contributed by atoms with Gasteiger partial charge in [0.1, 0.15) is 0 Å². The van der Waals surface area contributed by atoms with Crippen LogP contribution in [0.3, 0.4) is 0 Å². The van der Waals surface area contributed by atoms with Gasteiger partial charge in [-0.05, 0) is 35.0 Å². The number of nitrogens with one attached hydrogen (secondary N) is 1. The normalized spacial score (nSPS) is 14.1. The molecular formula is C13H25ClN4O. The first-order valence-corrected chi connectivity index (χ1v) is 6.79. The van der Waals surface area contributed by atoms with Crippen LogP contribution in [0.1, 0.15) is 25.6 Å². The molecule has 6 heteroatoms. The number of likely N-dealkylation sites (N-methyl/N-ethyl adjacent to an activating group) is 2. The maximum absolute atomic E-state index is 6.30. The lowest BCUT2D eigenvalue weighted by atomic mass is 9.95. The Hall–Kier alpha value is -0.620. The van der Waals surface area contributed by atoms with Gasteiger partial charge < -0.3 is 15.0 Å². The average Bonchev–Trinajstić information content (AvgIpc) is 2.69. The molecule has 19 heavy (non-hydrogen) atoms. The molecule has 1 N–H and O–H groups in total. The molecule has 1 aromatic rings. The second kappa shape index (κ2) is 6.70. The summed E-state index contributed by atoms with van der Waals surface area (Å²) in [7, 11) is 7.70. The lowest BCUT2D eigenvalue weighted by Gasteiger charge is -2.33. The predicted octanol–water partition coefficient (Wildman–Crippen LogP) is 1.78. The van der Waals surface area contributed by atoms with Crippen molar-refractivity contribution in [3.8, 4) is 0 Å². The number of methoxy groups -OCH3 is 1. The number of hydrogen-bond acceptors (Lipinski definition) is 4. The van der Waals surface area contributed by atoms with Crippen LogP contribution in [-0.2, 0) is 11.3 Å². The molecule has 0 fully saturated rings. The van der Waals surface area contributed by atoms with Gasteiger partial charge in [-0.25, -0.2) is 0 Å². The highest BCUT2D eigenvalue weighted by Gasteiger charge is 2.33. The van der Waals surface area contributed by atoms with Crippen molar-refractivity contribution in [3.05, 3.63) is 16.9 Å². The number of aromatic nitrogens is 2. The van der Waals surface area contributed by atoms with Gasteiger partial charge in [-0.3, -0.25) is 4.68 Å². The number of nitrogens with zero attached hydrogens (tertiary/aromatic N) is 3. The van der Waals surface area contributed by atoms with Gasteiger partial charge >= 0.3 is 0 Å². The summed E-state index contributed by atoms with van der Waals surface area (Å²) in [6, 6.07) is -0.0188. The molecule has 0 saturated heterocycles. The fraction of sp³-hybridized carbons (Fsp3) is 0.769. The van der Waals surface area contributed by atoms with Crippen LogP contribution in [-0.4, -0.2) is 55.1 Å². The van der Waals surface area contributed by atoms with Crippen LogP contribution in [0, 0.1) is 0 Å². The van der Waals surface area contributed by atoms with E-state index < -0.39 is 0 Å². The van der Waals surface area contributed by atoms with E-state index in [4.69, 9.17) is 16.3 Å². The van der Waals surface area contributed by atoms with Crippen molar-refractivity contribution in [1.29, 1.82) is 0 Å². The molecule has 0 aliphatic carbocycles. The third-order valence-corrected chi connectivity index (χ3v) is 3.67. The van der Waals surface area contributed by atoms with Gasteiger partial charge in [0.05, 0.1) is 35.1 Å². The van der Waals surface area contributed by atoms with E-state index >= 15 is 0 Å². The van der Waals surface area contributed by atoms with Crippen molar-refractivity contribution in [1.82, 2.24) is 20.0 Å². The molecular weight excluding hydrogens is 264 g/mol. The zero-order chi connectivity index (χ0) is 14.6. The van der Waals surface area contributed by atoms with Gasteiger partial charge in [-0.2, -0.15) is 5.10 Å². The van der Waals surface area contributed by atoms with Gasteiger partial charge in [0.15, 0.2) is 0 Å². The van der Waals surface area contributed by atoms with Crippen molar-refractivity contribution in [2.45, 2.75) is 32.0 Å². The molecule has 0 aromatic carbocycles. The quantitative estimate of drug-likeness (QED) is 0.831. The van der Waals surface area contributed by atoms with E-state index in [1.165, 1.54) is 0 Å². The largest absolute Gasteiger partial charge is 0.377 e. The molecule has 0 spiro atoms. The summed E-state index contributed by atoms with van der Waals surface area (Å²) in [5.74, 6) is 0. The summed E-state index contributed by atoms with van der Waals surface area (Å²) in [6.45, 7) is 5.78. The van der Waals surface area contributed by atoms with Crippen LogP contribution < -0.4 is 5.32 Å². The predicted molar refractivity (Wildman–Crippen MR) is 78.7 cm³/mol. The lowest BCUT2D eigenvalue weighted by Crippen LogP contribution is -2.41. The summed E-state index contributed by atoms with van der Waals surface area (Å²) in [4.78, 5) is 2.12. The SMILES string of the molecule is CNC(c1c(Cl)cnn1CCN(C)C)C(C)(C)OC. The Bertz CT molecular complexity index is 403. The molecule has 0 saturated carbocycles. The molecule has 0 aliphatic heterocycles. The topological polar surface area (TPSA) is 42.3 Å². The Kier molecular flexibility index (Phi) is 5.80. The van der Waals surface area contributed by atoms with E-state index in [0.717, 1.165) is 18.8 Å². The molecule has 1 unspecified atom stereocenters. The Morgan fingerprint density at radius 1 is 1.53 bits per heavy atom. The highest BCUT2D eigenvalue weighted by atomic mass is 35.5. The highest BCUT2D eigenvalue weighted by Crippen LogP contribution is 2.32. The minimum atomic E-state index is -0.367. The first-order chi connectivity index (χ1) is 8.83. The van der Waals surface area contributed by atoms with Crippen molar-refractivity contribution >= 4 is 11.6 Å². The van der Waals surface area contributed by atoms with Gasteiger partial charge in [-0.15, -0.1) is 0 Å². The van der Waals surface area contributed by atoms with Gasteiger partial charge in [-0.1, -0.05) is 11.6 Å². The second-order valence-electron chi connectivity index (χ2n) is 5.43. The fourth-order valence-electron chi connectivity index (χ4n) is 2.06. The fourth-order valence-corrected chi connectivity index (χ4v) is 2.31. The van der Waals surface area contributed by atoms with E-state index in [1.807, 2.05) is 39.7 Å². The lowest BCUT2D eigenvalue weighted by molar-refractivity contribution is -0.0114. The zero-order valence-corrected chi connectivity index (χ0v) is 13.5. The zero-order valence-electron chi connectivity index (χ0n) is 12.7. The molecule has 0 radical (unpaired) electrons. The van der Waals surface area contributed by atoms with Crippen LogP contribution in [0.4, 0.5) is 0 Å². The number of hydrogen-bond donors (Lipinski definition) is 1.